The van der Waals surface area contributed by atoms with Crippen LogP contribution < -0.4 is 10.6 Å². The average Bonchev–Trinajstić information content (AvgIpc) is 2.50. The molecule has 0 unspecified atom stereocenters. The number of thiocarbonyl (C=S) groups is 1. The molecule has 0 aromatic heterocycles. The fraction of sp³-hybridized carbons (Fsp3) is 0.235. The standard InChI is InChI=1S/C17H18ClFN2S/c1-12(7-8-13-5-3-2-4-6-13)20-17(22)21-14-9-10-16(19)15(18)11-14/h2-6,9-12H,7-8H2,1H3,(H2,20,21,22)/t12-/m0/s1. The first kappa shape index (κ1) is 16.7. The van der Waals surface area contributed by atoms with Crippen molar-refractivity contribution in [2.75, 3.05) is 5.32 Å². The molecular weight excluding hydrogens is 319 g/mol. The lowest BCUT2D eigenvalue weighted by Gasteiger charge is -2.17. The fourth-order valence-corrected chi connectivity index (χ4v) is 2.56. The minimum atomic E-state index is -0.442. The summed E-state index contributed by atoms with van der Waals surface area (Å²) < 4.78 is 13.1. The van der Waals surface area contributed by atoms with Gasteiger partial charge in [-0.15, -0.1) is 0 Å². The highest BCUT2D eigenvalue weighted by Crippen LogP contribution is 2.19. The Morgan fingerprint density at radius 2 is 1.95 bits per heavy atom. The Kier molecular flexibility index (Phi) is 6.16. The Morgan fingerprint density at radius 1 is 1.23 bits per heavy atom. The van der Waals surface area contributed by atoms with E-state index in [1.54, 1.807) is 6.07 Å². The summed E-state index contributed by atoms with van der Waals surface area (Å²) in [5, 5.41) is 6.80. The number of benzene rings is 2. The summed E-state index contributed by atoms with van der Waals surface area (Å²) in [6, 6.07) is 15.0. The van der Waals surface area contributed by atoms with Gasteiger partial charge in [-0.25, -0.2) is 4.39 Å². The predicted octanol–water partition coefficient (Wildman–Crippen LogP) is 4.79. The van der Waals surface area contributed by atoms with E-state index < -0.39 is 5.82 Å². The zero-order valence-corrected chi connectivity index (χ0v) is 13.8. The monoisotopic (exact) mass is 336 g/mol. The molecule has 0 aliphatic heterocycles. The Bertz CT molecular complexity index is 634. The summed E-state index contributed by atoms with van der Waals surface area (Å²) >= 11 is 11.0. The largest absolute Gasteiger partial charge is 0.360 e. The third-order valence-corrected chi connectivity index (χ3v) is 3.77. The molecule has 2 aromatic carbocycles. The lowest BCUT2D eigenvalue weighted by Crippen LogP contribution is -2.36. The maximum atomic E-state index is 13.1. The number of nitrogens with one attached hydrogen (secondary N) is 2. The molecule has 0 aliphatic rings. The first-order valence-corrected chi connectivity index (χ1v) is 7.89. The van der Waals surface area contributed by atoms with Crippen LogP contribution >= 0.6 is 23.8 Å². The van der Waals surface area contributed by atoms with Crippen molar-refractivity contribution in [1.29, 1.82) is 0 Å². The van der Waals surface area contributed by atoms with Crippen LogP contribution in [0.25, 0.3) is 0 Å². The summed E-state index contributed by atoms with van der Waals surface area (Å²) in [6.45, 7) is 2.08. The van der Waals surface area contributed by atoms with Crippen molar-refractivity contribution in [3.63, 3.8) is 0 Å². The van der Waals surface area contributed by atoms with E-state index in [1.165, 1.54) is 17.7 Å². The zero-order valence-electron chi connectivity index (χ0n) is 12.3. The predicted molar refractivity (Wildman–Crippen MR) is 95.0 cm³/mol. The second kappa shape index (κ2) is 8.11. The third-order valence-electron chi connectivity index (χ3n) is 3.26. The van der Waals surface area contributed by atoms with Gasteiger partial charge in [0.15, 0.2) is 5.11 Å². The van der Waals surface area contributed by atoms with E-state index in [0.717, 1.165) is 12.8 Å². The number of rotatable bonds is 5. The Labute approximate surface area is 140 Å². The van der Waals surface area contributed by atoms with E-state index in [1.807, 2.05) is 18.2 Å². The summed E-state index contributed by atoms with van der Waals surface area (Å²) in [4.78, 5) is 0. The molecule has 0 radical (unpaired) electrons. The molecule has 2 N–H and O–H groups in total. The molecular formula is C17H18ClFN2S. The van der Waals surface area contributed by atoms with Crippen molar-refractivity contribution >= 4 is 34.6 Å². The van der Waals surface area contributed by atoms with Crippen LogP contribution in [0, 0.1) is 5.82 Å². The number of halogens is 2. The van der Waals surface area contributed by atoms with Crippen molar-refractivity contribution in [2.24, 2.45) is 0 Å². The van der Waals surface area contributed by atoms with Crippen molar-refractivity contribution in [1.82, 2.24) is 5.32 Å². The molecule has 2 aromatic rings. The van der Waals surface area contributed by atoms with Gasteiger partial charge in [0.05, 0.1) is 5.02 Å². The third kappa shape index (κ3) is 5.28. The Balaban J connectivity index is 1.79. The molecule has 5 heteroatoms. The van der Waals surface area contributed by atoms with Crippen LogP contribution in [0.1, 0.15) is 18.9 Å². The SMILES string of the molecule is C[C@@H](CCc1ccccc1)NC(=S)Nc1ccc(F)c(Cl)c1. The highest BCUT2D eigenvalue weighted by molar-refractivity contribution is 7.80. The number of anilines is 1. The minimum Gasteiger partial charge on any atom is -0.360 e. The molecule has 0 aliphatic carbocycles. The molecule has 2 nitrogen and oxygen atoms in total. The van der Waals surface area contributed by atoms with Crippen molar-refractivity contribution < 1.29 is 4.39 Å². The van der Waals surface area contributed by atoms with E-state index in [4.69, 9.17) is 23.8 Å². The van der Waals surface area contributed by atoms with Crippen LogP contribution in [0.3, 0.4) is 0 Å². The number of aryl methyl sites for hydroxylation is 1. The molecule has 0 saturated heterocycles. The van der Waals surface area contributed by atoms with Gasteiger partial charge in [0.1, 0.15) is 5.82 Å². The van der Waals surface area contributed by atoms with E-state index in [2.05, 4.69) is 29.7 Å². The quantitative estimate of drug-likeness (QED) is 0.768. The van der Waals surface area contributed by atoms with Crippen LogP contribution in [0.5, 0.6) is 0 Å². The van der Waals surface area contributed by atoms with Gasteiger partial charge in [-0.1, -0.05) is 41.9 Å². The van der Waals surface area contributed by atoms with Crippen molar-refractivity contribution in [3.05, 3.63) is 64.9 Å². The lowest BCUT2D eigenvalue weighted by molar-refractivity contribution is 0.609. The lowest BCUT2D eigenvalue weighted by atomic mass is 10.1. The highest BCUT2D eigenvalue weighted by atomic mass is 35.5. The van der Waals surface area contributed by atoms with Crippen LogP contribution in [-0.4, -0.2) is 11.2 Å². The van der Waals surface area contributed by atoms with Gasteiger partial charge in [-0.2, -0.15) is 0 Å². The van der Waals surface area contributed by atoms with Crippen molar-refractivity contribution in [3.8, 4) is 0 Å². The van der Waals surface area contributed by atoms with E-state index >= 15 is 0 Å². The van der Waals surface area contributed by atoms with Gasteiger partial charge >= 0.3 is 0 Å². The van der Waals surface area contributed by atoms with Gasteiger partial charge in [-0.3, -0.25) is 0 Å². The zero-order chi connectivity index (χ0) is 15.9. The molecule has 0 amide bonds. The maximum absolute atomic E-state index is 13.1. The molecule has 0 fully saturated rings. The topological polar surface area (TPSA) is 24.1 Å². The molecule has 1 atom stereocenters. The highest BCUT2D eigenvalue weighted by Gasteiger charge is 2.06. The molecule has 0 heterocycles. The summed E-state index contributed by atoms with van der Waals surface area (Å²) in [7, 11) is 0. The van der Waals surface area contributed by atoms with E-state index in [-0.39, 0.29) is 11.1 Å². The van der Waals surface area contributed by atoms with Gasteiger partial charge in [0.25, 0.3) is 0 Å². The molecule has 0 bridgehead atoms. The summed E-state index contributed by atoms with van der Waals surface area (Å²) in [5.74, 6) is -0.442. The average molecular weight is 337 g/mol. The molecule has 0 spiro atoms. The van der Waals surface area contributed by atoms with Crippen molar-refractivity contribution in [2.45, 2.75) is 25.8 Å². The maximum Gasteiger partial charge on any atom is 0.170 e. The molecule has 0 saturated carbocycles. The Hall–Kier alpha value is -1.65. The first-order valence-electron chi connectivity index (χ1n) is 7.11. The fourth-order valence-electron chi connectivity index (χ4n) is 2.06. The van der Waals surface area contributed by atoms with Crippen LogP contribution in [0.4, 0.5) is 10.1 Å². The number of hydrogen-bond acceptors (Lipinski definition) is 1. The van der Waals surface area contributed by atoms with Crippen LogP contribution in [0.2, 0.25) is 5.02 Å². The van der Waals surface area contributed by atoms with E-state index in [9.17, 15) is 4.39 Å². The van der Waals surface area contributed by atoms with Crippen LogP contribution in [-0.2, 0) is 6.42 Å². The molecule has 22 heavy (non-hydrogen) atoms. The minimum absolute atomic E-state index is 0.0740. The summed E-state index contributed by atoms with van der Waals surface area (Å²) in [5.41, 5.74) is 1.97. The van der Waals surface area contributed by atoms with Gasteiger partial charge in [0.2, 0.25) is 0 Å². The van der Waals surface area contributed by atoms with Gasteiger partial charge < -0.3 is 10.6 Å². The summed E-state index contributed by atoms with van der Waals surface area (Å²) in [6.07, 6.45) is 1.95. The van der Waals surface area contributed by atoms with E-state index in [0.29, 0.717) is 10.8 Å². The first-order chi connectivity index (χ1) is 10.5. The normalized spacial score (nSPS) is 11.8. The molecule has 2 rings (SSSR count). The smallest absolute Gasteiger partial charge is 0.170 e. The van der Waals surface area contributed by atoms with Crippen LogP contribution in [0.15, 0.2) is 48.5 Å². The second-order valence-electron chi connectivity index (χ2n) is 5.15. The molecule has 116 valence electrons. The second-order valence-corrected chi connectivity index (χ2v) is 5.97. The van der Waals surface area contributed by atoms with Gasteiger partial charge in [0, 0.05) is 11.7 Å². The van der Waals surface area contributed by atoms with Gasteiger partial charge in [-0.05, 0) is 55.7 Å². The Morgan fingerprint density at radius 3 is 2.64 bits per heavy atom. The number of hydrogen-bond donors (Lipinski definition) is 2.